The second kappa shape index (κ2) is 6.85. The Bertz CT molecular complexity index is 553. The summed E-state index contributed by atoms with van der Waals surface area (Å²) in [7, 11) is 0. The van der Waals surface area contributed by atoms with Crippen LogP contribution in [0, 0.1) is 21.8 Å². The van der Waals surface area contributed by atoms with E-state index in [-0.39, 0.29) is 23.2 Å². The van der Waals surface area contributed by atoms with Crippen LogP contribution >= 0.6 is 11.6 Å². The zero-order valence-corrected chi connectivity index (χ0v) is 12.1. The van der Waals surface area contributed by atoms with Crippen LogP contribution in [0.15, 0.2) is 18.2 Å². The number of halogens is 2. The third-order valence-corrected chi connectivity index (χ3v) is 4.23. The summed E-state index contributed by atoms with van der Waals surface area (Å²) >= 11 is 5.89. The molecule has 0 bridgehead atoms. The molecule has 0 radical (unpaired) electrons. The molecule has 1 fully saturated rings. The number of carbonyl (C=O) groups is 1. The molecule has 1 N–H and O–H groups in total. The van der Waals surface area contributed by atoms with Gasteiger partial charge in [0.2, 0.25) is 0 Å². The monoisotopic (exact) mass is 314 g/mol. The van der Waals surface area contributed by atoms with Gasteiger partial charge in [0.15, 0.2) is 0 Å². The number of hydrogen-bond acceptors (Lipinski definition) is 3. The first-order valence-electron chi connectivity index (χ1n) is 6.83. The van der Waals surface area contributed by atoms with Crippen LogP contribution in [0.1, 0.15) is 36.0 Å². The van der Waals surface area contributed by atoms with Crippen LogP contribution in [0.2, 0.25) is 0 Å². The van der Waals surface area contributed by atoms with Crippen molar-refractivity contribution in [3.8, 4) is 0 Å². The molecule has 5 nitrogen and oxygen atoms in total. The number of nitro benzene ring substituents is 1. The first kappa shape index (κ1) is 15.7. The Kier molecular flexibility index (Phi) is 5.12. The molecule has 0 saturated heterocycles. The lowest BCUT2D eigenvalue weighted by Crippen LogP contribution is -2.43. The zero-order valence-electron chi connectivity index (χ0n) is 11.4. The van der Waals surface area contributed by atoms with Gasteiger partial charge < -0.3 is 5.32 Å². The molecule has 1 aliphatic rings. The van der Waals surface area contributed by atoms with Crippen molar-refractivity contribution in [2.75, 3.05) is 5.88 Å². The van der Waals surface area contributed by atoms with E-state index in [4.69, 9.17) is 11.6 Å². The second-order valence-corrected chi connectivity index (χ2v) is 5.51. The Hall–Kier alpha value is -1.69. The second-order valence-electron chi connectivity index (χ2n) is 5.20. The molecule has 1 aromatic rings. The van der Waals surface area contributed by atoms with Crippen molar-refractivity contribution in [2.24, 2.45) is 5.92 Å². The van der Waals surface area contributed by atoms with Crippen LogP contribution in [0.25, 0.3) is 0 Å². The summed E-state index contributed by atoms with van der Waals surface area (Å²) in [5, 5.41) is 13.3. The molecule has 2 rings (SSSR count). The molecule has 1 aromatic carbocycles. The van der Waals surface area contributed by atoms with Gasteiger partial charge in [-0.15, -0.1) is 11.6 Å². The molecule has 0 heterocycles. The summed E-state index contributed by atoms with van der Waals surface area (Å²) in [6.07, 6.45) is 3.84. The average Bonchev–Trinajstić information content (AvgIpc) is 2.47. The van der Waals surface area contributed by atoms with Gasteiger partial charge in [-0.3, -0.25) is 14.9 Å². The first-order chi connectivity index (χ1) is 10.0. The van der Waals surface area contributed by atoms with E-state index in [1.807, 2.05) is 0 Å². The van der Waals surface area contributed by atoms with Crippen LogP contribution in [0.5, 0.6) is 0 Å². The van der Waals surface area contributed by atoms with Crippen LogP contribution in [-0.2, 0) is 0 Å². The number of rotatable bonds is 4. The third kappa shape index (κ3) is 3.69. The van der Waals surface area contributed by atoms with E-state index in [1.54, 1.807) is 0 Å². The number of alkyl halides is 1. The summed E-state index contributed by atoms with van der Waals surface area (Å²) < 4.78 is 13.8. The van der Waals surface area contributed by atoms with Crippen LogP contribution in [-0.4, -0.2) is 22.8 Å². The summed E-state index contributed by atoms with van der Waals surface area (Å²) in [6.45, 7) is 0. The van der Waals surface area contributed by atoms with Crippen molar-refractivity contribution in [3.05, 3.63) is 39.7 Å². The number of carbonyl (C=O) groups excluding carboxylic acids is 1. The van der Waals surface area contributed by atoms with Crippen molar-refractivity contribution in [1.29, 1.82) is 0 Å². The Balaban J connectivity index is 2.11. The van der Waals surface area contributed by atoms with Gasteiger partial charge in [0.1, 0.15) is 5.82 Å². The van der Waals surface area contributed by atoms with Gasteiger partial charge >= 0.3 is 0 Å². The minimum Gasteiger partial charge on any atom is -0.349 e. The highest BCUT2D eigenvalue weighted by atomic mass is 35.5. The molecular weight excluding hydrogens is 299 g/mol. The molecule has 1 saturated carbocycles. The van der Waals surface area contributed by atoms with E-state index in [1.165, 1.54) is 0 Å². The SMILES string of the molecule is O=C(NC1CCCCC1CCl)c1ccc([N+](=O)[O-])cc1F. The summed E-state index contributed by atoms with van der Waals surface area (Å²) in [6, 6.07) is 2.95. The maximum absolute atomic E-state index is 13.8. The fraction of sp³-hybridized carbons (Fsp3) is 0.500. The van der Waals surface area contributed by atoms with E-state index in [2.05, 4.69) is 5.32 Å². The van der Waals surface area contributed by atoms with Gasteiger partial charge in [-0.25, -0.2) is 4.39 Å². The number of hydrogen-bond donors (Lipinski definition) is 1. The number of amides is 1. The van der Waals surface area contributed by atoms with Gasteiger partial charge in [-0.1, -0.05) is 12.8 Å². The molecule has 0 spiro atoms. The van der Waals surface area contributed by atoms with Crippen molar-refractivity contribution < 1.29 is 14.1 Å². The lowest BCUT2D eigenvalue weighted by atomic mass is 9.85. The van der Waals surface area contributed by atoms with E-state index >= 15 is 0 Å². The average molecular weight is 315 g/mol. The minimum atomic E-state index is -0.889. The molecular formula is C14H16ClFN2O3. The van der Waals surface area contributed by atoms with Crippen molar-refractivity contribution in [1.82, 2.24) is 5.32 Å². The van der Waals surface area contributed by atoms with Crippen LogP contribution < -0.4 is 5.32 Å². The quantitative estimate of drug-likeness (QED) is 0.526. The van der Waals surface area contributed by atoms with Gasteiger partial charge in [0.05, 0.1) is 16.6 Å². The van der Waals surface area contributed by atoms with Gasteiger partial charge in [0.25, 0.3) is 11.6 Å². The Labute approximate surface area is 126 Å². The lowest BCUT2D eigenvalue weighted by molar-refractivity contribution is -0.385. The zero-order chi connectivity index (χ0) is 15.4. The molecule has 0 aliphatic heterocycles. The maximum Gasteiger partial charge on any atom is 0.272 e. The van der Waals surface area contributed by atoms with Crippen molar-refractivity contribution >= 4 is 23.2 Å². The number of benzene rings is 1. The highest BCUT2D eigenvalue weighted by Crippen LogP contribution is 2.26. The van der Waals surface area contributed by atoms with Crippen LogP contribution in [0.3, 0.4) is 0 Å². The molecule has 21 heavy (non-hydrogen) atoms. The summed E-state index contributed by atoms with van der Waals surface area (Å²) in [5.41, 5.74) is -0.556. The van der Waals surface area contributed by atoms with Crippen molar-refractivity contribution in [3.63, 3.8) is 0 Å². The fourth-order valence-electron chi connectivity index (χ4n) is 2.63. The Morgan fingerprint density at radius 2 is 2.14 bits per heavy atom. The Morgan fingerprint density at radius 1 is 1.43 bits per heavy atom. The maximum atomic E-state index is 13.8. The fourth-order valence-corrected chi connectivity index (χ4v) is 3.00. The van der Waals surface area contributed by atoms with E-state index in [0.29, 0.717) is 5.88 Å². The summed E-state index contributed by atoms with van der Waals surface area (Å²) in [4.78, 5) is 22.0. The first-order valence-corrected chi connectivity index (χ1v) is 7.37. The molecule has 1 aliphatic carbocycles. The number of nitrogens with one attached hydrogen (secondary N) is 1. The van der Waals surface area contributed by atoms with E-state index in [9.17, 15) is 19.3 Å². The topological polar surface area (TPSA) is 72.2 Å². The highest BCUT2D eigenvalue weighted by Gasteiger charge is 2.27. The molecule has 2 atom stereocenters. The molecule has 0 aromatic heterocycles. The highest BCUT2D eigenvalue weighted by molar-refractivity contribution is 6.18. The predicted octanol–water partition coefficient (Wildman–Crippen LogP) is 3.26. The molecule has 114 valence electrons. The summed E-state index contributed by atoms with van der Waals surface area (Å²) in [5.74, 6) is -0.803. The predicted molar refractivity (Wildman–Crippen MR) is 77.0 cm³/mol. The lowest BCUT2D eigenvalue weighted by Gasteiger charge is -2.30. The number of non-ortho nitro benzene ring substituents is 1. The van der Waals surface area contributed by atoms with Crippen LogP contribution in [0.4, 0.5) is 10.1 Å². The minimum absolute atomic E-state index is 0.0710. The van der Waals surface area contributed by atoms with E-state index < -0.39 is 16.6 Å². The molecule has 7 heteroatoms. The number of nitrogens with zero attached hydrogens (tertiary/aromatic N) is 1. The van der Waals surface area contributed by atoms with Gasteiger partial charge in [-0.2, -0.15) is 0 Å². The standard InChI is InChI=1S/C14H16ClFN2O3/c15-8-9-3-1-2-4-13(9)17-14(19)11-6-5-10(18(20)21)7-12(11)16/h5-7,9,13H,1-4,8H2,(H,17,19). The third-order valence-electron chi connectivity index (χ3n) is 3.83. The normalized spacial score (nSPS) is 21.8. The smallest absolute Gasteiger partial charge is 0.272 e. The van der Waals surface area contributed by atoms with Crippen molar-refractivity contribution in [2.45, 2.75) is 31.7 Å². The largest absolute Gasteiger partial charge is 0.349 e. The van der Waals surface area contributed by atoms with E-state index in [0.717, 1.165) is 43.9 Å². The van der Waals surface area contributed by atoms with Gasteiger partial charge in [0, 0.05) is 18.0 Å². The molecule has 2 unspecified atom stereocenters. The number of nitro groups is 1. The Morgan fingerprint density at radius 3 is 2.76 bits per heavy atom. The molecule has 1 amide bonds. The van der Waals surface area contributed by atoms with Gasteiger partial charge in [-0.05, 0) is 24.8 Å².